The smallest absolute Gasteiger partial charge is 0.243 e. The van der Waals surface area contributed by atoms with Crippen LogP contribution in [0.2, 0.25) is 5.02 Å². The number of carbonyl (C=O) groups is 2. The Balaban J connectivity index is 1.89. The SMILES string of the molecule is COc1cccc(N(CCCC(=O)N(Cc2ccccc2Cl)[C@@H](Cc2ccccc2)C(=O)NCC(C)C)S(C)(=O)=O)c1. The molecule has 2 amide bonds. The van der Waals surface area contributed by atoms with E-state index in [0.29, 0.717) is 29.4 Å². The van der Waals surface area contributed by atoms with Crippen LogP contribution < -0.4 is 14.4 Å². The Morgan fingerprint density at radius 3 is 2.31 bits per heavy atom. The summed E-state index contributed by atoms with van der Waals surface area (Å²) in [4.78, 5) is 29.1. The number of benzene rings is 3. The minimum atomic E-state index is -3.63. The number of nitrogens with zero attached hydrogens (tertiary/aromatic N) is 2. The van der Waals surface area contributed by atoms with Crippen molar-refractivity contribution in [2.75, 3.05) is 30.8 Å². The molecule has 0 radical (unpaired) electrons. The van der Waals surface area contributed by atoms with Crippen molar-refractivity contribution in [2.45, 2.75) is 45.7 Å². The standard InChI is InChI=1S/C32H40ClN3O5S/c1-24(2)22-34-32(38)30(20-25-12-6-5-7-13-25)35(23-26-14-8-9-17-29(26)33)31(37)18-11-19-36(42(4,39)40)27-15-10-16-28(21-27)41-3/h5-10,12-17,21,24,30H,11,18-20,22-23H2,1-4H3,(H,34,38)/t30-/m0/s1. The molecule has 0 spiro atoms. The van der Waals surface area contributed by atoms with Crippen LogP contribution in [0.1, 0.15) is 37.8 Å². The minimum absolute atomic E-state index is 0.0309. The van der Waals surface area contributed by atoms with Crippen LogP contribution in [0, 0.1) is 5.92 Å². The van der Waals surface area contributed by atoms with Gasteiger partial charge >= 0.3 is 0 Å². The highest BCUT2D eigenvalue weighted by Crippen LogP contribution is 2.25. The van der Waals surface area contributed by atoms with Crippen molar-refractivity contribution in [1.82, 2.24) is 10.2 Å². The van der Waals surface area contributed by atoms with Crippen LogP contribution >= 0.6 is 11.6 Å². The molecule has 0 aromatic heterocycles. The molecule has 226 valence electrons. The number of amides is 2. The Hall–Kier alpha value is -3.56. The molecule has 0 aliphatic rings. The first-order chi connectivity index (χ1) is 20.0. The highest BCUT2D eigenvalue weighted by molar-refractivity contribution is 7.92. The van der Waals surface area contributed by atoms with Crippen LogP contribution in [0.3, 0.4) is 0 Å². The monoisotopic (exact) mass is 613 g/mol. The number of halogens is 1. The highest BCUT2D eigenvalue weighted by atomic mass is 35.5. The van der Waals surface area contributed by atoms with E-state index in [9.17, 15) is 18.0 Å². The molecule has 10 heteroatoms. The lowest BCUT2D eigenvalue weighted by atomic mass is 10.0. The predicted molar refractivity (Wildman–Crippen MR) is 168 cm³/mol. The first-order valence-electron chi connectivity index (χ1n) is 14.0. The van der Waals surface area contributed by atoms with Crippen LogP contribution in [-0.4, -0.2) is 57.6 Å². The number of ether oxygens (including phenoxy) is 1. The lowest BCUT2D eigenvalue weighted by Gasteiger charge is -2.32. The van der Waals surface area contributed by atoms with Crippen LogP contribution in [0.25, 0.3) is 0 Å². The van der Waals surface area contributed by atoms with E-state index in [4.69, 9.17) is 16.3 Å². The second kappa shape index (κ2) is 15.6. The average molecular weight is 614 g/mol. The lowest BCUT2D eigenvalue weighted by molar-refractivity contribution is -0.141. The van der Waals surface area contributed by atoms with E-state index in [-0.39, 0.29) is 43.7 Å². The Morgan fingerprint density at radius 1 is 0.976 bits per heavy atom. The zero-order valence-corrected chi connectivity index (χ0v) is 26.2. The van der Waals surface area contributed by atoms with Gasteiger partial charge in [0.05, 0.1) is 19.1 Å². The van der Waals surface area contributed by atoms with Gasteiger partial charge in [-0.2, -0.15) is 0 Å². The summed E-state index contributed by atoms with van der Waals surface area (Å²) in [6.07, 6.45) is 1.73. The molecule has 1 N–H and O–H groups in total. The van der Waals surface area contributed by atoms with Gasteiger partial charge in [0.1, 0.15) is 11.8 Å². The molecule has 8 nitrogen and oxygen atoms in total. The third-order valence-corrected chi connectivity index (χ3v) is 8.31. The van der Waals surface area contributed by atoms with Gasteiger partial charge in [0, 0.05) is 43.6 Å². The van der Waals surface area contributed by atoms with Crippen molar-refractivity contribution in [1.29, 1.82) is 0 Å². The van der Waals surface area contributed by atoms with E-state index < -0.39 is 16.1 Å². The molecule has 0 unspecified atom stereocenters. The van der Waals surface area contributed by atoms with Crippen LogP contribution in [-0.2, 0) is 32.6 Å². The van der Waals surface area contributed by atoms with Crippen molar-refractivity contribution in [3.05, 3.63) is 95.0 Å². The largest absolute Gasteiger partial charge is 0.497 e. The summed E-state index contributed by atoms with van der Waals surface area (Å²) in [5.41, 5.74) is 2.09. The van der Waals surface area contributed by atoms with E-state index in [1.807, 2.05) is 62.4 Å². The van der Waals surface area contributed by atoms with Crippen molar-refractivity contribution in [2.24, 2.45) is 5.92 Å². The van der Waals surface area contributed by atoms with E-state index >= 15 is 0 Å². The fraction of sp³-hybridized carbons (Fsp3) is 0.375. The van der Waals surface area contributed by atoms with Gasteiger partial charge in [-0.3, -0.25) is 13.9 Å². The number of rotatable bonds is 15. The number of anilines is 1. The molecule has 3 aromatic carbocycles. The minimum Gasteiger partial charge on any atom is -0.497 e. The topological polar surface area (TPSA) is 96.0 Å². The number of methoxy groups -OCH3 is 1. The summed E-state index contributed by atoms with van der Waals surface area (Å²) >= 11 is 6.49. The first kappa shape index (κ1) is 32.9. The molecule has 0 bridgehead atoms. The maximum Gasteiger partial charge on any atom is 0.243 e. The Kier molecular flexibility index (Phi) is 12.2. The quantitative estimate of drug-likeness (QED) is 0.251. The Bertz CT molecular complexity index is 1430. The summed E-state index contributed by atoms with van der Waals surface area (Å²) in [7, 11) is -2.12. The van der Waals surface area contributed by atoms with E-state index in [1.165, 1.54) is 11.4 Å². The summed E-state index contributed by atoms with van der Waals surface area (Å²) in [6.45, 7) is 4.71. The molecule has 0 aliphatic carbocycles. The third-order valence-electron chi connectivity index (χ3n) is 6.75. The van der Waals surface area contributed by atoms with Gasteiger partial charge in [-0.15, -0.1) is 0 Å². The van der Waals surface area contributed by atoms with Gasteiger partial charge in [-0.1, -0.05) is 80.0 Å². The molecular formula is C32H40ClN3O5S. The Morgan fingerprint density at radius 2 is 1.67 bits per heavy atom. The lowest BCUT2D eigenvalue weighted by Crippen LogP contribution is -2.51. The van der Waals surface area contributed by atoms with Crippen LogP contribution in [0.4, 0.5) is 5.69 Å². The van der Waals surface area contributed by atoms with Gasteiger partial charge in [-0.05, 0) is 41.7 Å². The summed E-state index contributed by atoms with van der Waals surface area (Å²) in [6, 6.07) is 22.8. The van der Waals surface area contributed by atoms with Gasteiger partial charge in [-0.25, -0.2) is 8.42 Å². The maximum atomic E-state index is 13.9. The van der Waals surface area contributed by atoms with Crippen LogP contribution in [0.15, 0.2) is 78.9 Å². The Labute approximate surface area is 254 Å². The fourth-order valence-corrected chi connectivity index (χ4v) is 5.71. The fourth-order valence-electron chi connectivity index (χ4n) is 4.56. The molecule has 0 fully saturated rings. The first-order valence-corrected chi connectivity index (χ1v) is 16.2. The van der Waals surface area contributed by atoms with E-state index in [0.717, 1.165) is 17.4 Å². The van der Waals surface area contributed by atoms with Crippen molar-refractivity contribution in [3.63, 3.8) is 0 Å². The number of hydrogen-bond donors (Lipinski definition) is 1. The zero-order chi connectivity index (χ0) is 30.7. The van der Waals surface area contributed by atoms with Crippen molar-refractivity contribution in [3.8, 4) is 5.75 Å². The summed E-state index contributed by atoms with van der Waals surface area (Å²) in [5, 5.41) is 3.50. The number of hydrogen-bond acceptors (Lipinski definition) is 5. The van der Waals surface area contributed by atoms with Gasteiger partial charge in [0.15, 0.2) is 0 Å². The maximum absolute atomic E-state index is 13.9. The van der Waals surface area contributed by atoms with Crippen molar-refractivity contribution >= 4 is 39.1 Å². The number of sulfonamides is 1. The van der Waals surface area contributed by atoms with Crippen molar-refractivity contribution < 1.29 is 22.7 Å². The zero-order valence-electron chi connectivity index (χ0n) is 24.6. The predicted octanol–water partition coefficient (Wildman–Crippen LogP) is 5.31. The second-order valence-electron chi connectivity index (χ2n) is 10.6. The molecule has 3 aromatic rings. The second-order valence-corrected chi connectivity index (χ2v) is 12.9. The highest BCUT2D eigenvalue weighted by Gasteiger charge is 2.31. The van der Waals surface area contributed by atoms with Gasteiger partial charge < -0.3 is 15.0 Å². The molecule has 0 heterocycles. The molecule has 0 aliphatic heterocycles. The van der Waals surface area contributed by atoms with Gasteiger partial charge in [0.25, 0.3) is 0 Å². The molecule has 42 heavy (non-hydrogen) atoms. The van der Waals surface area contributed by atoms with E-state index in [2.05, 4.69) is 5.32 Å². The molecule has 3 rings (SSSR count). The molecular weight excluding hydrogens is 574 g/mol. The normalized spacial score (nSPS) is 12.0. The summed E-state index contributed by atoms with van der Waals surface area (Å²) in [5.74, 6) is 0.244. The average Bonchev–Trinajstić information content (AvgIpc) is 2.96. The molecule has 0 saturated carbocycles. The molecule has 0 saturated heterocycles. The molecule has 1 atom stereocenters. The van der Waals surface area contributed by atoms with E-state index in [1.54, 1.807) is 35.2 Å². The third kappa shape index (κ3) is 9.77. The number of carbonyl (C=O) groups excluding carboxylic acids is 2. The van der Waals surface area contributed by atoms with Gasteiger partial charge in [0.2, 0.25) is 21.8 Å². The summed E-state index contributed by atoms with van der Waals surface area (Å²) < 4.78 is 31.9. The number of nitrogens with one attached hydrogen (secondary N) is 1. The van der Waals surface area contributed by atoms with Crippen LogP contribution in [0.5, 0.6) is 5.75 Å².